The van der Waals surface area contributed by atoms with Crippen molar-refractivity contribution < 1.29 is 0 Å². The Bertz CT molecular complexity index is 3790. The molecule has 2 aliphatic rings. The number of benzene rings is 11. The SMILES string of the molecule is c1ccc(-n2c3ccccc3c3ccc(N(c4ccc5c6ccccc6c6ccccc6c5c4)c4cccc5c4-c4ccccc4C54c5ccccc5-c5ccccc54)cc32)cc1. The standard InChI is InChI=1S/C61H38N2/c1-2-17-39(18-3-1)63-57-31-15-11-25-49(57)50-36-34-41(38-59(50)63)62(40-33-35-46-44-21-5-4-19-42(44)43-20-6-7-22-45(43)52(46)37-40)58-32-16-30-56-60(58)51-26-10-14-29-55(51)61(56)53-27-12-8-23-47(53)48-24-9-13-28-54(48)61/h1-38H. The summed E-state index contributed by atoms with van der Waals surface area (Å²) in [5, 5.41) is 10.1. The molecular weight excluding hydrogens is 761 g/mol. The summed E-state index contributed by atoms with van der Waals surface area (Å²) in [5.74, 6) is 0. The predicted octanol–water partition coefficient (Wildman–Crippen LogP) is 16.1. The second-order valence-corrected chi connectivity index (χ2v) is 17.1. The molecule has 2 aliphatic carbocycles. The fourth-order valence-corrected chi connectivity index (χ4v) is 11.7. The summed E-state index contributed by atoms with van der Waals surface area (Å²) in [6.45, 7) is 0. The zero-order chi connectivity index (χ0) is 41.2. The second-order valence-electron chi connectivity index (χ2n) is 17.1. The van der Waals surface area contributed by atoms with E-state index in [9.17, 15) is 0 Å². The van der Waals surface area contributed by atoms with E-state index in [0.717, 1.165) is 22.7 Å². The molecule has 0 saturated heterocycles. The zero-order valence-corrected chi connectivity index (χ0v) is 34.3. The van der Waals surface area contributed by atoms with Gasteiger partial charge in [-0.05, 0) is 120 Å². The van der Waals surface area contributed by atoms with Crippen molar-refractivity contribution in [3.63, 3.8) is 0 Å². The summed E-state index contributed by atoms with van der Waals surface area (Å²) in [5.41, 5.74) is 16.9. The number of rotatable bonds is 4. The van der Waals surface area contributed by atoms with E-state index in [-0.39, 0.29) is 0 Å². The highest BCUT2D eigenvalue weighted by molar-refractivity contribution is 6.26. The van der Waals surface area contributed by atoms with Crippen molar-refractivity contribution in [2.45, 2.75) is 5.41 Å². The monoisotopic (exact) mass is 798 g/mol. The van der Waals surface area contributed by atoms with Gasteiger partial charge in [0.15, 0.2) is 0 Å². The highest BCUT2D eigenvalue weighted by Gasteiger charge is 2.52. The Hall–Kier alpha value is -8.20. The molecule has 2 nitrogen and oxygen atoms in total. The third-order valence-corrected chi connectivity index (χ3v) is 14.2. The van der Waals surface area contributed by atoms with Crippen molar-refractivity contribution >= 4 is 71.2 Å². The first-order valence-corrected chi connectivity index (χ1v) is 21.9. The molecule has 2 heteroatoms. The smallest absolute Gasteiger partial charge is 0.0726 e. The largest absolute Gasteiger partial charge is 0.310 e. The van der Waals surface area contributed by atoms with Crippen molar-refractivity contribution in [1.82, 2.24) is 4.57 Å². The van der Waals surface area contributed by atoms with E-state index >= 15 is 0 Å². The lowest BCUT2D eigenvalue weighted by Gasteiger charge is -2.32. The minimum Gasteiger partial charge on any atom is -0.310 e. The van der Waals surface area contributed by atoms with E-state index in [2.05, 4.69) is 240 Å². The Morgan fingerprint density at radius 2 is 0.762 bits per heavy atom. The fraction of sp³-hybridized carbons (Fsp3) is 0.0164. The molecule has 0 fully saturated rings. The molecule has 292 valence electrons. The molecule has 1 aromatic heterocycles. The normalized spacial score (nSPS) is 13.2. The van der Waals surface area contributed by atoms with Crippen LogP contribution in [0.2, 0.25) is 0 Å². The topological polar surface area (TPSA) is 8.17 Å². The third kappa shape index (κ3) is 4.57. The number of para-hydroxylation sites is 2. The molecule has 1 spiro atoms. The first-order chi connectivity index (χ1) is 31.3. The molecule has 0 unspecified atom stereocenters. The summed E-state index contributed by atoms with van der Waals surface area (Å²) in [6.07, 6.45) is 0. The molecule has 63 heavy (non-hydrogen) atoms. The average Bonchev–Trinajstić information content (AvgIpc) is 3.96. The van der Waals surface area contributed by atoms with Gasteiger partial charge in [-0.1, -0.05) is 182 Å². The summed E-state index contributed by atoms with van der Waals surface area (Å²) < 4.78 is 2.43. The van der Waals surface area contributed by atoms with Crippen LogP contribution in [0.1, 0.15) is 22.3 Å². The molecule has 0 aliphatic heterocycles. The van der Waals surface area contributed by atoms with Gasteiger partial charge in [0.1, 0.15) is 0 Å². The molecular formula is C61H38N2. The van der Waals surface area contributed by atoms with Crippen LogP contribution in [0.4, 0.5) is 17.1 Å². The molecule has 0 bridgehead atoms. The van der Waals surface area contributed by atoms with Crippen LogP contribution >= 0.6 is 0 Å². The van der Waals surface area contributed by atoms with Gasteiger partial charge in [-0.3, -0.25) is 0 Å². The van der Waals surface area contributed by atoms with E-state index < -0.39 is 5.41 Å². The zero-order valence-electron chi connectivity index (χ0n) is 34.3. The first kappa shape index (κ1) is 34.5. The second kappa shape index (κ2) is 12.9. The van der Waals surface area contributed by atoms with Crippen LogP contribution < -0.4 is 4.90 Å². The van der Waals surface area contributed by atoms with Crippen LogP contribution in [0.5, 0.6) is 0 Å². The fourth-order valence-electron chi connectivity index (χ4n) is 11.7. The van der Waals surface area contributed by atoms with Crippen molar-refractivity contribution in [3.05, 3.63) is 253 Å². The van der Waals surface area contributed by atoms with Crippen LogP contribution in [0.15, 0.2) is 231 Å². The van der Waals surface area contributed by atoms with Crippen LogP contribution in [0.25, 0.3) is 82.1 Å². The van der Waals surface area contributed by atoms with Gasteiger partial charge in [-0.25, -0.2) is 0 Å². The van der Waals surface area contributed by atoms with E-state index in [0.29, 0.717) is 0 Å². The summed E-state index contributed by atoms with van der Waals surface area (Å²) in [6, 6.07) is 85.9. The quantitative estimate of drug-likeness (QED) is 0.161. The minimum absolute atomic E-state index is 0.455. The van der Waals surface area contributed by atoms with Gasteiger partial charge in [-0.2, -0.15) is 0 Å². The highest BCUT2D eigenvalue weighted by Crippen LogP contribution is 2.64. The number of anilines is 3. The van der Waals surface area contributed by atoms with Gasteiger partial charge in [-0.15, -0.1) is 0 Å². The predicted molar refractivity (Wildman–Crippen MR) is 264 cm³/mol. The lowest BCUT2D eigenvalue weighted by molar-refractivity contribution is 0.794. The minimum atomic E-state index is -0.455. The van der Waals surface area contributed by atoms with Gasteiger partial charge in [0.05, 0.1) is 22.1 Å². The molecule has 0 saturated carbocycles. The number of fused-ring (bicyclic) bond motifs is 19. The van der Waals surface area contributed by atoms with E-state index in [1.807, 2.05) is 0 Å². The van der Waals surface area contributed by atoms with Gasteiger partial charge in [0.25, 0.3) is 0 Å². The average molecular weight is 799 g/mol. The Balaban J connectivity index is 1.11. The van der Waals surface area contributed by atoms with Crippen molar-refractivity contribution in [3.8, 4) is 27.9 Å². The molecule has 12 aromatic rings. The van der Waals surface area contributed by atoms with Gasteiger partial charge >= 0.3 is 0 Å². The van der Waals surface area contributed by atoms with Crippen molar-refractivity contribution in [2.75, 3.05) is 4.90 Å². The van der Waals surface area contributed by atoms with E-state index in [1.165, 1.54) is 98.6 Å². The van der Waals surface area contributed by atoms with Gasteiger partial charge in [0, 0.05) is 33.4 Å². The third-order valence-electron chi connectivity index (χ3n) is 14.2. The van der Waals surface area contributed by atoms with Crippen molar-refractivity contribution in [2.24, 2.45) is 0 Å². The Kier molecular flexibility index (Phi) is 7.07. The van der Waals surface area contributed by atoms with Crippen LogP contribution in [0.3, 0.4) is 0 Å². The van der Waals surface area contributed by atoms with Crippen LogP contribution in [-0.4, -0.2) is 4.57 Å². The molecule has 0 N–H and O–H groups in total. The molecule has 14 rings (SSSR count). The van der Waals surface area contributed by atoms with Crippen molar-refractivity contribution in [1.29, 1.82) is 0 Å². The first-order valence-electron chi connectivity index (χ1n) is 21.9. The molecule has 0 atom stereocenters. The molecule has 0 radical (unpaired) electrons. The maximum absolute atomic E-state index is 2.54. The lowest BCUT2D eigenvalue weighted by Crippen LogP contribution is -2.26. The molecule has 11 aromatic carbocycles. The number of hydrogen-bond donors (Lipinski definition) is 0. The number of nitrogens with zero attached hydrogens (tertiary/aromatic N) is 2. The summed E-state index contributed by atoms with van der Waals surface area (Å²) >= 11 is 0. The maximum atomic E-state index is 2.54. The summed E-state index contributed by atoms with van der Waals surface area (Å²) in [7, 11) is 0. The van der Waals surface area contributed by atoms with E-state index in [1.54, 1.807) is 0 Å². The van der Waals surface area contributed by atoms with E-state index in [4.69, 9.17) is 0 Å². The van der Waals surface area contributed by atoms with Crippen LogP contribution in [-0.2, 0) is 5.41 Å². The highest BCUT2D eigenvalue weighted by atomic mass is 15.1. The Labute approximate surface area is 365 Å². The number of aromatic nitrogens is 1. The molecule has 0 amide bonds. The molecule has 1 heterocycles. The van der Waals surface area contributed by atoms with Gasteiger partial charge < -0.3 is 9.47 Å². The summed E-state index contributed by atoms with van der Waals surface area (Å²) in [4.78, 5) is 2.54. The van der Waals surface area contributed by atoms with Crippen LogP contribution in [0, 0.1) is 0 Å². The van der Waals surface area contributed by atoms with Gasteiger partial charge in [0.2, 0.25) is 0 Å². The Morgan fingerprint density at radius 1 is 0.302 bits per heavy atom. The maximum Gasteiger partial charge on any atom is 0.0726 e. The lowest BCUT2D eigenvalue weighted by atomic mass is 9.70. The Morgan fingerprint density at radius 3 is 1.43 bits per heavy atom. The number of hydrogen-bond acceptors (Lipinski definition) is 1.